The smallest absolute Gasteiger partial charge is 0.327 e. The molecule has 0 fully saturated rings. The van der Waals surface area contributed by atoms with Gasteiger partial charge in [-0.1, -0.05) is 33.3 Å². The Bertz CT molecular complexity index is 273. The van der Waals surface area contributed by atoms with Gasteiger partial charge in [-0.25, -0.2) is 4.79 Å². The van der Waals surface area contributed by atoms with Crippen molar-refractivity contribution in [2.45, 2.75) is 39.5 Å². The fraction of sp³-hybridized carbons (Fsp3) is 0.824. The summed E-state index contributed by atoms with van der Waals surface area (Å²) in [7, 11) is 0. The molecular weight excluding hydrogens is 332 g/mol. The first-order valence-corrected chi connectivity index (χ1v) is 8.26. The molecule has 0 amide bonds. The van der Waals surface area contributed by atoms with E-state index in [-0.39, 0.29) is 39.6 Å². The summed E-state index contributed by atoms with van der Waals surface area (Å²) in [6.07, 6.45) is 3.89. The maximum atomic E-state index is 9.25. The molecule has 0 unspecified atom stereocenters. The zero-order valence-electron chi connectivity index (χ0n) is 15.4. The van der Waals surface area contributed by atoms with Crippen molar-refractivity contribution in [1.29, 1.82) is 0 Å². The number of carbonyl (C=O) groups is 1. The van der Waals surface area contributed by atoms with E-state index in [4.69, 9.17) is 35.7 Å². The zero-order valence-corrected chi connectivity index (χ0v) is 15.4. The van der Waals surface area contributed by atoms with Crippen LogP contribution in [0.1, 0.15) is 39.5 Å². The molecule has 0 saturated heterocycles. The van der Waals surface area contributed by atoms with Gasteiger partial charge >= 0.3 is 5.97 Å². The number of aliphatic hydroxyl groups is 6. The highest BCUT2D eigenvalue weighted by atomic mass is 16.4. The molecule has 0 aliphatic rings. The third-order valence-corrected chi connectivity index (χ3v) is 3.75. The molecule has 0 aromatic heterocycles. The summed E-state index contributed by atoms with van der Waals surface area (Å²) in [6, 6.07) is 0. The van der Waals surface area contributed by atoms with Crippen molar-refractivity contribution in [3.63, 3.8) is 0 Å². The molecule has 8 heteroatoms. The fourth-order valence-corrected chi connectivity index (χ4v) is 1.84. The first-order chi connectivity index (χ1) is 11.8. The molecule has 0 radical (unpaired) electrons. The van der Waals surface area contributed by atoms with Gasteiger partial charge in [0.15, 0.2) is 0 Å². The van der Waals surface area contributed by atoms with Gasteiger partial charge in [0, 0.05) is 16.9 Å². The van der Waals surface area contributed by atoms with Crippen LogP contribution in [0.2, 0.25) is 0 Å². The summed E-state index contributed by atoms with van der Waals surface area (Å²) in [5.41, 5.74) is -1.32. The molecule has 25 heavy (non-hydrogen) atoms. The van der Waals surface area contributed by atoms with E-state index in [1.54, 1.807) is 0 Å². The first-order valence-electron chi connectivity index (χ1n) is 8.26. The Morgan fingerprint density at radius 2 is 0.960 bits per heavy atom. The lowest BCUT2D eigenvalue weighted by atomic mass is 9.86. The summed E-state index contributed by atoms with van der Waals surface area (Å²) in [4.78, 5) is 9.25. The Balaban J connectivity index is -0.000000308. The summed E-state index contributed by atoms with van der Waals surface area (Å²) < 4.78 is 0. The average molecular weight is 368 g/mol. The molecule has 152 valence electrons. The van der Waals surface area contributed by atoms with Crippen molar-refractivity contribution in [2.24, 2.45) is 10.8 Å². The third-order valence-electron chi connectivity index (χ3n) is 3.75. The minimum atomic E-state index is -0.981. The van der Waals surface area contributed by atoms with E-state index in [1.165, 1.54) is 0 Å². The second kappa shape index (κ2) is 17.8. The minimum Gasteiger partial charge on any atom is -0.478 e. The molecule has 0 atom stereocenters. The van der Waals surface area contributed by atoms with Crippen LogP contribution in [0.4, 0.5) is 0 Å². The lowest BCUT2D eigenvalue weighted by molar-refractivity contribution is -0.131. The third kappa shape index (κ3) is 13.9. The van der Waals surface area contributed by atoms with Gasteiger partial charge < -0.3 is 35.7 Å². The van der Waals surface area contributed by atoms with Crippen molar-refractivity contribution in [1.82, 2.24) is 0 Å². The number of carboxylic acids is 1. The Morgan fingerprint density at radius 3 is 1.00 bits per heavy atom. The lowest BCUT2D eigenvalue weighted by Gasteiger charge is -2.26. The van der Waals surface area contributed by atoms with E-state index in [2.05, 4.69) is 6.58 Å². The highest BCUT2D eigenvalue weighted by Crippen LogP contribution is 2.21. The topological polar surface area (TPSA) is 159 Å². The average Bonchev–Trinajstić information content (AvgIpc) is 2.65. The van der Waals surface area contributed by atoms with Crippen molar-refractivity contribution in [3.05, 3.63) is 12.7 Å². The molecule has 8 nitrogen and oxygen atoms in total. The second-order valence-corrected chi connectivity index (χ2v) is 5.99. The normalized spacial score (nSPS) is 10.9. The monoisotopic (exact) mass is 368 g/mol. The Kier molecular flexibility index (Phi) is 20.5. The van der Waals surface area contributed by atoms with Gasteiger partial charge in [0.2, 0.25) is 0 Å². The van der Waals surface area contributed by atoms with Crippen LogP contribution in [0.3, 0.4) is 0 Å². The van der Waals surface area contributed by atoms with Gasteiger partial charge in [0.1, 0.15) is 0 Å². The van der Waals surface area contributed by atoms with Gasteiger partial charge in [-0.05, 0) is 12.8 Å². The van der Waals surface area contributed by atoms with Gasteiger partial charge in [0.25, 0.3) is 0 Å². The van der Waals surface area contributed by atoms with E-state index in [0.717, 1.165) is 18.9 Å². The number of hydrogen-bond donors (Lipinski definition) is 7. The quantitative estimate of drug-likeness (QED) is 0.246. The molecule has 0 aliphatic carbocycles. The molecular formula is C17H36O8. The van der Waals surface area contributed by atoms with Crippen LogP contribution in [-0.4, -0.2) is 81.4 Å². The molecule has 0 bridgehead atoms. The lowest BCUT2D eigenvalue weighted by Crippen LogP contribution is -2.33. The molecule has 0 saturated carbocycles. The molecule has 0 aliphatic heterocycles. The molecule has 0 heterocycles. The van der Waals surface area contributed by atoms with Gasteiger partial charge in [-0.3, -0.25) is 0 Å². The highest BCUT2D eigenvalue weighted by molar-refractivity contribution is 5.78. The maximum Gasteiger partial charge on any atom is 0.327 e. The van der Waals surface area contributed by atoms with Crippen LogP contribution in [0, 0.1) is 10.8 Å². The fourth-order valence-electron chi connectivity index (χ4n) is 1.84. The molecule has 0 spiro atoms. The van der Waals surface area contributed by atoms with E-state index in [9.17, 15) is 4.79 Å². The van der Waals surface area contributed by atoms with Crippen LogP contribution < -0.4 is 0 Å². The van der Waals surface area contributed by atoms with Gasteiger partial charge in [0.05, 0.1) is 39.6 Å². The van der Waals surface area contributed by atoms with E-state index in [1.807, 2.05) is 13.8 Å². The second-order valence-electron chi connectivity index (χ2n) is 5.99. The predicted molar refractivity (Wildman–Crippen MR) is 95.0 cm³/mol. The van der Waals surface area contributed by atoms with Crippen LogP contribution >= 0.6 is 0 Å². The molecule has 0 aromatic carbocycles. The number of aliphatic carboxylic acids is 1. The van der Waals surface area contributed by atoms with Gasteiger partial charge in [-0.15, -0.1) is 0 Å². The number of aliphatic hydroxyl groups excluding tert-OH is 6. The summed E-state index contributed by atoms with van der Waals surface area (Å²) in [5.74, 6) is -0.981. The SMILES string of the molecule is C=CC(=O)O.CCCC(CO)(CO)CO.CCCC(CO)(CO)CO. The number of rotatable bonds is 11. The Hall–Kier alpha value is -1.03. The van der Waals surface area contributed by atoms with Gasteiger partial charge in [-0.2, -0.15) is 0 Å². The zero-order chi connectivity index (χ0) is 20.4. The Morgan fingerprint density at radius 1 is 0.760 bits per heavy atom. The van der Waals surface area contributed by atoms with Crippen LogP contribution in [-0.2, 0) is 4.79 Å². The summed E-state index contributed by atoms with van der Waals surface area (Å²) >= 11 is 0. The Labute approximate surface area is 150 Å². The largest absolute Gasteiger partial charge is 0.478 e. The molecule has 0 aromatic rings. The summed E-state index contributed by atoms with van der Waals surface area (Å²) in [6.45, 7) is 6.00. The van der Waals surface area contributed by atoms with Crippen molar-refractivity contribution < 1.29 is 40.5 Å². The van der Waals surface area contributed by atoms with Crippen LogP contribution in [0.25, 0.3) is 0 Å². The first kappa shape index (κ1) is 28.8. The predicted octanol–water partition coefficient (Wildman–Crippen LogP) is -0.243. The van der Waals surface area contributed by atoms with Crippen molar-refractivity contribution in [3.8, 4) is 0 Å². The molecule has 0 rings (SSSR count). The minimum absolute atomic E-state index is 0.145. The summed E-state index contributed by atoms with van der Waals surface area (Å²) in [5, 5.41) is 60.3. The molecule has 7 N–H and O–H groups in total. The van der Waals surface area contributed by atoms with E-state index in [0.29, 0.717) is 12.8 Å². The number of hydrogen-bond acceptors (Lipinski definition) is 7. The van der Waals surface area contributed by atoms with E-state index >= 15 is 0 Å². The maximum absolute atomic E-state index is 9.25. The highest BCUT2D eigenvalue weighted by Gasteiger charge is 2.26. The van der Waals surface area contributed by atoms with Crippen LogP contribution in [0.5, 0.6) is 0 Å². The number of carboxylic acid groups (broad SMARTS) is 1. The van der Waals surface area contributed by atoms with Crippen molar-refractivity contribution >= 4 is 5.97 Å². The standard InChI is InChI=1S/2C7H16O3.C3H4O2/c2*1-2-3-7(4-8,5-9)6-10;1-2-3(4)5/h2*8-10H,2-6H2,1H3;2H,1H2,(H,4,5). The van der Waals surface area contributed by atoms with Crippen molar-refractivity contribution in [2.75, 3.05) is 39.6 Å². The van der Waals surface area contributed by atoms with Crippen LogP contribution in [0.15, 0.2) is 12.7 Å². The van der Waals surface area contributed by atoms with E-state index < -0.39 is 16.8 Å².